The summed E-state index contributed by atoms with van der Waals surface area (Å²) in [6, 6.07) is 7.22. The molecule has 0 aliphatic heterocycles. The Morgan fingerprint density at radius 2 is 1.87 bits per heavy atom. The molecule has 3 rings (SSSR count). The van der Waals surface area contributed by atoms with Crippen LogP contribution >= 0.6 is 11.3 Å². The van der Waals surface area contributed by atoms with Gasteiger partial charge in [-0.1, -0.05) is 6.07 Å². The molecular formula is C17H15NO4S. The minimum atomic E-state index is -0.117. The standard InChI is InChI=1S/C17H15NO4S/c1-18-8-13(10-4-5-14(21-2)15(6-10)22-3)16-12(17(18)20)7-11(9-19)23-16/h4-9H,1-3H3. The fourth-order valence-electron chi connectivity index (χ4n) is 2.54. The summed E-state index contributed by atoms with van der Waals surface area (Å²) in [5.74, 6) is 1.25. The van der Waals surface area contributed by atoms with E-state index in [1.807, 2.05) is 18.2 Å². The van der Waals surface area contributed by atoms with Crippen LogP contribution < -0.4 is 15.0 Å². The van der Waals surface area contributed by atoms with Crippen molar-refractivity contribution < 1.29 is 14.3 Å². The Morgan fingerprint density at radius 3 is 2.52 bits per heavy atom. The smallest absolute Gasteiger partial charge is 0.259 e. The molecule has 23 heavy (non-hydrogen) atoms. The average Bonchev–Trinajstić information content (AvgIpc) is 3.02. The lowest BCUT2D eigenvalue weighted by molar-refractivity contribution is 0.112. The molecule has 0 unspecified atom stereocenters. The number of hydrogen-bond acceptors (Lipinski definition) is 5. The number of nitrogens with zero attached hydrogens (tertiary/aromatic N) is 1. The summed E-state index contributed by atoms with van der Waals surface area (Å²) in [6.45, 7) is 0. The molecule has 0 spiro atoms. The molecule has 3 aromatic rings. The van der Waals surface area contributed by atoms with Gasteiger partial charge in [-0.25, -0.2) is 0 Å². The van der Waals surface area contributed by atoms with Gasteiger partial charge in [0.15, 0.2) is 17.8 Å². The number of hydrogen-bond donors (Lipinski definition) is 0. The van der Waals surface area contributed by atoms with Crippen molar-refractivity contribution in [3.05, 3.63) is 45.7 Å². The Hall–Kier alpha value is -2.60. The number of aromatic nitrogens is 1. The molecule has 0 atom stereocenters. The van der Waals surface area contributed by atoms with Crippen molar-refractivity contribution in [1.29, 1.82) is 0 Å². The van der Waals surface area contributed by atoms with E-state index >= 15 is 0 Å². The van der Waals surface area contributed by atoms with Crippen molar-refractivity contribution >= 4 is 27.7 Å². The zero-order valence-corrected chi connectivity index (χ0v) is 13.8. The van der Waals surface area contributed by atoms with Gasteiger partial charge in [0.25, 0.3) is 5.56 Å². The van der Waals surface area contributed by atoms with Gasteiger partial charge in [0.1, 0.15) is 0 Å². The summed E-state index contributed by atoms with van der Waals surface area (Å²) < 4.78 is 12.9. The third kappa shape index (κ3) is 2.51. The maximum Gasteiger partial charge on any atom is 0.259 e. The van der Waals surface area contributed by atoms with Gasteiger partial charge < -0.3 is 14.0 Å². The van der Waals surface area contributed by atoms with E-state index in [0.29, 0.717) is 21.8 Å². The van der Waals surface area contributed by atoms with E-state index in [2.05, 4.69) is 0 Å². The highest BCUT2D eigenvalue weighted by molar-refractivity contribution is 7.21. The molecule has 0 amide bonds. The molecule has 1 aromatic carbocycles. The number of fused-ring (bicyclic) bond motifs is 1. The van der Waals surface area contributed by atoms with E-state index in [-0.39, 0.29) is 5.56 Å². The lowest BCUT2D eigenvalue weighted by Gasteiger charge is -2.11. The van der Waals surface area contributed by atoms with Crippen molar-refractivity contribution in [1.82, 2.24) is 4.57 Å². The number of benzene rings is 1. The fraction of sp³-hybridized carbons (Fsp3) is 0.176. The number of aryl methyl sites for hydroxylation is 1. The van der Waals surface area contributed by atoms with Crippen LogP contribution in [0.2, 0.25) is 0 Å². The van der Waals surface area contributed by atoms with Gasteiger partial charge in [-0.2, -0.15) is 0 Å². The predicted molar refractivity (Wildman–Crippen MR) is 91.0 cm³/mol. The molecule has 0 fully saturated rings. The summed E-state index contributed by atoms with van der Waals surface area (Å²) in [5, 5.41) is 0.548. The third-order valence-corrected chi connectivity index (χ3v) is 4.77. The first kappa shape index (κ1) is 15.3. The molecule has 0 N–H and O–H groups in total. The topological polar surface area (TPSA) is 57.5 Å². The summed E-state index contributed by atoms with van der Waals surface area (Å²) in [4.78, 5) is 23.9. The number of carbonyl (C=O) groups excluding carboxylic acids is 1. The Kier molecular flexibility index (Phi) is 3.92. The van der Waals surface area contributed by atoms with E-state index in [0.717, 1.165) is 22.1 Å². The van der Waals surface area contributed by atoms with Crippen LogP contribution in [0, 0.1) is 0 Å². The number of pyridine rings is 1. The van der Waals surface area contributed by atoms with Gasteiger partial charge in [-0.15, -0.1) is 11.3 Å². The Morgan fingerprint density at radius 1 is 1.13 bits per heavy atom. The number of ether oxygens (including phenoxy) is 2. The van der Waals surface area contributed by atoms with Crippen molar-refractivity contribution in [2.24, 2.45) is 7.05 Å². The largest absolute Gasteiger partial charge is 0.493 e. The summed E-state index contributed by atoms with van der Waals surface area (Å²) in [6.07, 6.45) is 2.54. The maximum atomic E-state index is 12.3. The highest BCUT2D eigenvalue weighted by atomic mass is 32.1. The van der Waals surface area contributed by atoms with Crippen LogP contribution in [0.3, 0.4) is 0 Å². The third-order valence-electron chi connectivity index (χ3n) is 3.68. The summed E-state index contributed by atoms with van der Waals surface area (Å²) in [7, 11) is 4.86. The Balaban J connectivity index is 2.31. The van der Waals surface area contributed by atoms with E-state index in [1.54, 1.807) is 33.5 Å². The number of thiophene rings is 1. The number of aldehydes is 1. The molecule has 0 aliphatic carbocycles. The Labute approximate surface area is 136 Å². The van der Waals surface area contributed by atoms with Crippen molar-refractivity contribution in [3.63, 3.8) is 0 Å². The predicted octanol–water partition coefficient (Wildman–Crippen LogP) is 3.10. The quantitative estimate of drug-likeness (QED) is 0.690. The van der Waals surface area contributed by atoms with Crippen LogP contribution in [0.5, 0.6) is 11.5 Å². The number of methoxy groups -OCH3 is 2. The van der Waals surface area contributed by atoms with Gasteiger partial charge >= 0.3 is 0 Å². The van der Waals surface area contributed by atoms with Crippen LogP contribution in [-0.2, 0) is 7.05 Å². The molecule has 118 valence electrons. The molecule has 0 saturated carbocycles. The van der Waals surface area contributed by atoms with Gasteiger partial charge in [0, 0.05) is 23.5 Å². The lowest BCUT2D eigenvalue weighted by Crippen LogP contribution is -2.15. The molecular weight excluding hydrogens is 314 g/mol. The van der Waals surface area contributed by atoms with Gasteiger partial charge in [-0.3, -0.25) is 9.59 Å². The average molecular weight is 329 g/mol. The molecule has 0 aliphatic rings. The Bertz CT molecular complexity index is 955. The lowest BCUT2D eigenvalue weighted by atomic mass is 10.1. The van der Waals surface area contributed by atoms with E-state index in [9.17, 15) is 9.59 Å². The molecule has 2 aromatic heterocycles. The first-order chi connectivity index (χ1) is 11.1. The minimum Gasteiger partial charge on any atom is -0.493 e. The molecule has 2 heterocycles. The maximum absolute atomic E-state index is 12.3. The second-order valence-electron chi connectivity index (χ2n) is 5.04. The molecule has 5 nitrogen and oxygen atoms in total. The van der Waals surface area contributed by atoms with Crippen LogP contribution in [0.15, 0.2) is 35.3 Å². The highest BCUT2D eigenvalue weighted by Crippen LogP contribution is 2.37. The first-order valence-electron chi connectivity index (χ1n) is 6.89. The summed E-state index contributed by atoms with van der Waals surface area (Å²) in [5.41, 5.74) is 1.65. The van der Waals surface area contributed by atoms with Crippen molar-refractivity contribution in [2.45, 2.75) is 0 Å². The fourth-order valence-corrected chi connectivity index (χ4v) is 3.53. The second-order valence-corrected chi connectivity index (χ2v) is 6.12. The molecule has 6 heteroatoms. The zero-order valence-electron chi connectivity index (χ0n) is 13.0. The van der Waals surface area contributed by atoms with E-state index in [4.69, 9.17) is 9.47 Å². The van der Waals surface area contributed by atoms with Gasteiger partial charge in [0.2, 0.25) is 0 Å². The summed E-state index contributed by atoms with van der Waals surface area (Å²) >= 11 is 1.31. The van der Waals surface area contributed by atoms with Crippen LogP contribution in [0.25, 0.3) is 21.2 Å². The van der Waals surface area contributed by atoms with Crippen LogP contribution in [0.4, 0.5) is 0 Å². The highest BCUT2D eigenvalue weighted by Gasteiger charge is 2.14. The van der Waals surface area contributed by atoms with Crippen LogP contribution in [-0.4, -0.2) is 25.1 Å². The molecule has 0 saturated heterocycles. The normalized spacial score (nSPS) is 10.7. The zero-order chi connectivity index (χ0) is 16.6. The monoisotopic (exact) mass is 329 g/mol. The van der Waals surface area contributed by atoms with Crippen LogP contribution in [0.1, 0.15) is 9.67 Å². The van der Waals surface area contributed by atoms with Gasteiger partial charge in [0.05, 0.1) is 24.5 Å². The van der Waals surface area contributed by atoms with E-state index in [1.165, 1.54) is 15.9 Å². The SMILES string of the molecule is COc1ccc(-c2cn(C)c(=O)c3cc(C=O)sc23)cc1OC. The van der Waals surface area contributed by atoms with Gasteiger partial charge in [-0.05, 0) is 23.8 Å². The first-order valence-corrected chi connectivity index (χ1v) is 7.71. The molecule has 0 radical (unpaired) electrons. The number of carbonyl (C=O) groups is 1. The second kappa shape index (κ2) is 5.89. The van der Waals surface area contributed by atoms with Crippen molar-refractivity contribution in [2.75, 3.05) is 14.2 Å². The molecule has 0 bridgehead atoms. The minimum absolute atomic E-state index is 0.117. The number of rotatable bonds is 4. The van der Waals surface area contributed by atoms with E-state index < -0.39 is 0 Å². The van der Waals surface area contributed by atoms with Crippen molar-refractivity contribution in [3.8, 4) is 22.6 Å².